The summed E-state index contributed by atoms with van der Waals surface area (Å²) >= 11 is -1.06. The van der Waals surface area contributed by atoms with Crippen molar-refractivity contribution in [3.8, 4) is 0 Å². The van der Waals surface area contributed by atoms with Gasteiger partial charge in [-0.05, 0) is 0 Å². The van der Waals surface area contributed by atoms with Crippen molar-refractivity contribution in [1.29, 1.82) is 0 Å². The molecule has 86 valence electrons. The first-order valence-electron chi connectivity index (χ1n) is 7.05. The third-order valence-corrected chi connectivity index (χ3v) is 16.8. The van der Waals surface area contributed by atoms with Crippen LogP contribution >= 0.6 is 0 Å². The number of rotatable bonds is 1. The molecule has 2 heteroatoms. The van der Waals surface area contributed by atoms with Crippen LogP contribution in [0.2, 0.25) is 12.0 Å². The zero-order valence-corrected chi connectivity index (χ0v) is 13.7. The van der Waals surface area contributed by atoms with Crippen LogP contribution in [-0.4, -0.2) is 46.5 Å². The molecule has 2 rings (SSSR count). The Balaban J connectivity index is 1.80. The molecule has 1 nitrogen and oxygen atoms in total. The number of hydrogen-bond acceptors (Lipinski definition) is 1. The van der Waals surface area contributed by atoms with Crippen LogP contribution in [0.3, 0.4) is 0 Å². The molecule has 2 aliphatic rings. The number of hydrogen-bond donors (Lipinski definition) is 0. The quantitative estimate of drug-likeness (QED) is 0.716. The minimum absolute atomic E-state index is 1.06. The first kappa shape index (κ1) is 12.3. The standard InChI is InChI=1S/C7H15N.C6H11.In/c1-4-6-8(3)7-5-2;1-2-4-6-5-3-1;/h1-2,4-7H2,3H3;1H,2-6H2;. The predicted octanol–water partition coefficient (Wildman–Crippen LogP) is 3.54. The van der Waals surface area contributed by atoms with Crippen molar-refractivity contribution in [1.82, 2.24) is 4.90 Å². The molecule has 1 saturated carbocycles. The molecule has 1 heterocycles. The fraction of sp³-hybridized carbons (Fsp3) is 1.00. The third-order valence-electron chi connectivity index (χ3n) is 4.55. The van der Waals surface area contributed by atoms with Crippen molar-refractivity contribution in [2.75, 3.05) is 20.1 Å². The Hall–Kier alpha value is 0.830. The van der Waals surface area contributed by atoms with E-state index in [1.54, 1.807) is 34.0 Å². The predicted molar refractivity (Wildman–Crippen MR) is 68.9 cm³/mol. The van der Waals surface area contributed by atoms with Gasteiger partial charge >= 0.3 is 103 Å². The summed E-state index contributed by atoms with van der Waals surface area (Å²) in [6.45, 7) is 2.78. The van der Waals surface area contributed by atoms with Gasteiger partial charge in [-0.2, -0.15) is 0 Å². The van der Waals surface area contributed by atoms with Crippen molar-refractivity contribution in [3.63, 3.8) is 0 Å². The van der Waals surface area contributed by atoms with E-state index in [9.17, 15) is 0 Å². The molecule has 0 unspecified atom stereocenters. The van der Waals surface area contributed by atoms with Crippen molar-refractivity contribution >= 4 is 21.4 Å². The molecule has 0 spiro atoms. The molecule has 1 aliphatic carbocycles. The van der Waals surface area contributed by atoms with Gasteiger partial charge in [0.2, 0.25) is 0 Å². The van der Waals surface area contributed by atoms with Gasteiger partial charge in [0.25, 0.3) is 0 Å². The van der Waals surface area contributed by atoms with Crippen LogP contribution in [0.1, 0.15) is 44.9 Å². The van der Waals surface area contributed by atoms with Crippen LogP contribution < -0.4 is 0 Å². The minimum atomic E-state index is -1.06. The summed E-state index contributed by atoms with van der Waals surface area (Å²) in [5.74, 6) is 0. The van der Waals surface area contributed by atoms with Gasteiger partial charge in [0.15, 0.2) is 0 Å². The van der Waals surface area contributed by atoms with Crippen molar-refractivity contribution in [3.05, 3.63) is 0 Å². The van der Waals surface area contributed by atoms with E-state index in [0.29, 0.717) is 0 Å². The Labute approximate surface area is 103 Å². The molecule has 0 radical (unpaired) electrons. The van der Waals surface area contributed by atoms with Crippen LogP contribution in [0.4, 0.5) is 0 Å². The SMILES string of the molecule is CN1CC[CH2][In]([CH]2CCCCC2)[CH2]CC1. The zero-order valence-electron chi connectivity index (χ0n) is 10.4. The normalized spacial score (nSPS) is 27.4. The van der Waals surface area contributed by atoms with Gasteiger partial charge in [0, 0.05) is 0 Å². The molecule has 0 aromatic carbocycles. The van der Waals surface area contributed by atoms with E-state index in [1.807, 2.05) is 0 Å². The summed E-state index contributed by atoms with van der Waals surface area (Å²) in [6, 6.07) is 0. The van der Waals surface area contributed by atoms with Gasteiger partial charge in [-0.3, -0.25) is 0 Å². The fourth-order valence-electron chi connectivity index (χ4n) is 3.58. The van der Waals surface area contributed by atoms with Gasteiger partial charge in [0.1, 0.15) is 0 Å². The van der Waals surface area contributed by atoms with Gasteiger partial charge in [-0.1, -0.05) is 0 Å². The Morgan fingerprint density at radius 2 is 1.47 bits per heavy atom. The van der Waals surface area contributed by atoms with E-state index in [1.165, 1.54) is 36.0 Å². The molecule has 2 fully saturated rings. The van der Waals surface area contributed by atoms with Gasteiger partial charge in [-0.15, -0.1) is 0 Å². The van der Waals surface area contributed by atoms with Crippen LogP contribution in [-0.2, 0) is 0 Å². The second kappa shape index (κ2) is 6.54. The van der Waals surface area contributed by atoms with Crippen LogP contribution in [0.15, 0.2) is 0 Å². The van der Waals surface area contributed by atoms with Crippen LogP contribution in [0.25, 0.3) is 0 Å². The van der Waals surface area contributed by atoms with Crippen LogP contribution in [0.5, 0.6) is 0 Å². The van der Waals surface area contributed by atoms with Crippen molar-refractivity contribution < 1.29 is 0 Å². The molecule has 0 amide bonds. The average Bonchev–Trinajstić information content (AvgIpc) is 2.24. The molecule has 0 N–H and O–H groups in total. The summed E-state index contributed by atoms with van der Waals surface area (Å²) in [4.78, 5) is 2.54. The van der Waals surface area contributed by atoms with Gasteiger partial charge in [0.05, 0.1) is 0 Å². The Morgan fingerprint density at radius 3 is 2.07 bits per heavy atom. The molecular formula is C13H26InN. The first-order valence-corrected chi connectivity index (χ1v) is 13.6. The monoisotopic (exact) mass is 311 g/mol. The summed E-state index contributed by atoms with van der Waals surface area (Å²) in [5, 5.41) is 0. The average molecular weight is 311 g/mol. The molecule has 1 aliphatic heterocycles. The summed E-state index contributed by atoms with van der Waals surface area (Å²) in [5.41, 5.74) is 0. The third kappa shape index (κ3) is 3.96. The van der Waals surface area contributed by atoms with E-state index < -0.39 is 21.4 Å². The van der Waals surface area contributed by atoms with Crippen LogP contribution in [0, 0.1) is 0 Å². The van der Waals surface area contributed by atoms with E-state index in [2.05, 4.69) is 11.9 Å². The molecular weight excluding hydrogens is 285 g/mol. The topological polar surface area (TPSA) is 3.24 Å². The molecule has 0 bridgehead atoms. The summed E-state index contributed by atoms with van der Waals surface area (Å²) in [6.07, 6.45) is 11.0. The van der Waals surface area contributed by atoms with E-state index in [4.69, 9.17) is 0 Å². The van der Waals surface area contributed by atoms with Crippen molar-refractivity contribution in [2.45, 2.75) is 57.0 Å². The van der Waals surface area contributed by atoms with E-state index in [-0.39, 0.29) is 0 Å². The van der Waals surface area contributed by atoms with Crippen molar-refractivity contribution in [2.24, 2.45) is 0 Å². The molecule has 0 aromatic heterocycles. The second-order valence-corrected chi connectivity index (χ2v) is 16.1. The second-order valence-electron chi connectivity index (χ2n) is 5.75. The Morgan fingerprint density at radius 1 is 0.867 bits per heavy atom. The van der Waals surface area contributed by atoms with Gasteiger partial charge in [-0.25, -0.2) is 0 Å². The molecule has 0 atom stereocenters. The first-order chi connectivity index (χ1) is 7.36. The zero-order chi connectivity index (χ0) is 10.5. The maximum atomic E-state index is 2.54. The maximum absolute atomic E-state index is 2.54. The Kier molecular flexibility index (Phi) is 5.36. The van der Waals surface area contributed by atoms with E-state index in [0.717, 1.165) is 0 Å². The number of nitrogens with zero attached hydrogens (tertiary/aromatic N) is 1. The van der Waals surface area contributed by atoms with E-state index >= 15 is 0 Å². The molecule has 1 saturated heterocycles. The summed E-state index contributed by atoms with van der Waals surface area (Å²) < 4.78 is 4.75. The Bertz CT molecular complexity index is 167. The summed E-state index contributed by atoms with van der Waals surface area (Å²) in [7, 11) is 2.30. The fourth-order valence-corrected chi connectivity index (χ4v) is 15.2. The van der Waals surface area contributed by atoms with Gasteiger partial charge < -0.3 is 0 Å². The molecule has 15 heavy (non-hydrogen) atoms. The molecule has 0 aromatic rings.